The number of alkyl halides is 2. The smallest absolute Gasteiger partial charge is 0.185 e. The molecule has 1 N–H and O–H groups in total. The minimum Gasteiger partial charge on any atom is -0.459 e. The monoisotopic (exact) mass is 486 g/mol. The summed E-state index contributed by atoms with van der Waals surface area (Å²) in [6.45, 7) is 5.55. The fourth-order valence-corrected chi connectivity index (χ4v) is 1.94. The van der Waals surface area contributed by atoms with E-state index >= 15 is 0 Å². The maximum Gasteiger partial charge on any atom is 0.185 e. The molecule has 3 aromatic rings. The van der Waals surface area contributed by atoms with Crippen molar-refractivity contribution in [2.75, 3.05) is 28.1 Å². The number of methoxy groups -OCH3 is 2. The first kappa shape index (κ1) is 32.8. The van der Waals surface area contributed by atoms with Gasteiger partial charge in [0.05, 0.1) is 13.9 Å². The summed E-state index contributed by atoms with van der Waals surface area (Å²) in [6, 6.07) is 10.1. The summed E-state index contributed by atoms with van der Waals surface area (Å²) in [7, 11) is 3.71. The van der Waals surface area contributed by atoms with Gasteiger partial charge >= 0.3 is 0 Å². The Balaban J connectivity index is 0. The fourth-order valence-electron chi connectivity index (χ4n) is 1.94. The van der Waals surface area contributed by atoms with Gasteiger partial charge in [-0.2, -0.15) is 0 Å². The number of aliphatic hydroxyl groups excluding tert-OH is 1. The number of rotatable bonds is 8. The first-order valence-electron chi connectivity index (χ1n) is 9.83. The van der Waals surface area contributed by atoms with E-state index in [0.717, 1.165) is 11.5 Å². The third-order valence-corrected chi connectivity index (χ3v) is 3.21. The predicted molar refractivity (Wildman–Crippen MR) is 123 cm³/mol. The van der Waals surface area contributed by atoms with Crippen LogP contribution in [-0.4, -0.2) is 45.8 Å². The van der Waals surface area contributed by atoms with E-state index in [-0.39, 0.29) is 19.0 Å². The van der Waals surface area contributed by atoms with Crippen LogP contribution < -0.4 is 0 Å². The van der Waals surface area contributed by atoms with Crippen LogP contribution in [0.15, 0.2) is 56.2 Å². The van der Waals surface area contributed by atoms with Crippen molar-refractivity contribution in [3.8, 4) is 0 Å². The number of hydrogen-bond donors (Lipinski definition) is 1. The average molecular weight is 487 g/mol. The fraction of sp³-hybridized carbons (Fsp3) is 0.333. The van der Waals surface area contributed by atoms with Crippen molar-refractivity contribution in [1.82, 2.24) is 0 Å². The normalized spacial score (nSPS) is 8.91. The Morgan fingerprint density at radius 1 is 0.824 bits per heavy atom. The van der Waals surface area contributed by atoms with Gasteiger partial charge in [-0.05, 0) is 49.4 Å². The van der Waals surface area contributed by atoms with Crippen molar-refractivity contribution < 1.29 is 46.2 Å². The van der Waals surface area contributed by atoms with E-state index in [1.54, 1.807) is 38.5 Å². The number of carbonyl (C=O) groups excluding carboxylic acids is 2. The van der Waals surface area contributed by atoms with Gasteiger partial charge in [-0.15, -0.1) is 0 Å². The van der Waals surface area contributed by atoms with Gasteiger partial charge in [0.15, 0.2) is 24.1 Å². The summed E-state index contributed by atoms with van der Waals surface area (Å²) in [5.41, 5.74) is 0. The Hall–Kier alpha value is -3.34. The standard InChI is InChI=1S/C8H10O2.C7H8O3.C6H6O3.C2H5F.CH3F/c1-3-7-4-5-8(10-7)6-9-2;1-9-5-7-3-2-6(4-8)10-7;7-3-5-1-2-6(4-8)9-5;1-2-3;1-2/h3-5H,1,6H2,2H3;2-4H,5H2,1H3;1-3,8H,4H2;2H2,1H3;1H3. The highest BCUT2D eigenvalue weighted by Gasteiger charge is 1.98. The molecule has 0 aliphatic heterocycles. The van der Waals surface area contributed by atoms with Crippen LogP contribution in [0.1, 0.15) is 51.1 Å². The second-order valence-corrected chi connectivity index (χ2v) is 5.64. The molecule has 0 atom stereocenters. The van der Waals surface area contributed by atoms with Crippen molar-refractivity contribution >= 4 is 18.6 Å². The summed E-state index contributed by atoms with van der Waals surface area (Å²) in [6.07, 6.45) is 2.93. The number of ether oxygens (including phenoxy) is 2. The minimum atomic E-state index is -0.250. The number of carbonyl (C=O) groups is 2. The minimum absolute atomic E-state index is 0.159. The molecule has 0 unspecified atom stereocenters. The van der Waals surface area contributed by atoms with Gasteiger partial charge in [0.2, 0.25) is 0 Å². The Bertz CT molecular complexity index is 835. The van der Waals surface area contributed by atoms with Crippen molar-refractivity contribution in [2.45, 2.75) is 26.7 Å². The molecule has 0 aliphatic rings. The van der Waals surface area contributed by atoms with Crippen LogP contribution >= 0.6 is 0 Å². The summed E-state index contributed by atoms with van der Waals surface area (Å²) >= 11 is 0. The first-order valence-corrected chi connectivity index (χ1v) is 9.83. The largest absolute Gasteiger partial charge is 0.459 e. The molecule has 0 spiro atoms. The molecular weight excluding hydrogens is 454 g/mol. The van der Waals surface area contributed by atoms with E-state index in [0.29, 0.717) is 50.2 Å². The van der Waals surface area contributed by atoms with Crippen LogP contribution in [0.5, 0.6) is 0 Å². The molecular formula is C24H32F2O8. The van der Waals surface area contributed by atoms with Gasteiger partial charge in [-0.1, -0.05) is 6.58 Å². The highest BCUT2D eigenvalue weighted by molar-refractivity contribution is 5.70. The number of hydrogen-bond acceptors (Lipinski definition) is 8. The zero-order valence-corrected chi connectivity index (χ0v) is 19.8. The molecule has 0 radical (unpaired) electrons. The predicted octanol–water partition coefficient (Wildman–Crippen LogP) is 5.45. The number of aldehydes is 2. The van der Waals surface area contributed by atoms with Gasteiger partial charge < -0.3 is 27.8 Å². The third-order valence-electron chi connectivity index (χ3n) is 3.21. The van der Waals surface area contributed by atoms with Crippen LogP contribution in [0.3, 0.4) is 0 Å². The van der Waals surface area contributed by atoms with Crippen molar-refractivity contribution in [3.05, 3.63) is 77.5 Å². The third kappa shape index (κ3) is 15.5. The molecule has 3 rings (SSSR count). The van der Waals surface area contributed by atoms with Crippen LogP contribution in [0.25, 0.3) is 6.08 Å². The van der Waals surface area contributed by atoms with Gasteiger partial charge in [-0.25, -0.2) is 0 Å². The van der Waals surface area contributed by atoms with Crippen molar-refractivity contribution in [1.29, 1.82) is 0 Å². The number of halogens is 2. The molecule has 3 aromatic heterocycles. The van der Waals surface area contributed by atoms with Crippen LogP contribution in [0.2, 0.25) is 0 Å². The number of aliphatic hydroxyl groups is 1. The average Bonchev–Trinajstić information content (AvgIpc) is 3.63. The van der Waals surface area contributed by atoms with Crippen LogP contribution in [0.4, 0.5) is 8.78 Å². The zero-order valence-electron chi connectivity index (χ0n) is 19.8. The second kappa shape index (κ2) is 22.8. The van der Waals surface area contributed by atoms with E-state index in [9.17, 15) is 18.4 Å². The lowest BCUT2D eigenvalue weighted by atomic mass is 10.4. The highest BCUT2D eigenvalue weighted by atomic mass is 19.1. The van der Waals surface area contributed by atoms with Crippen molar-refractivity contribution in [3.63, 3.8) is 0 Å². The lowest BCUT2D eigenvalue weighted by Gasteiger charge is -1.90. The van der Waals surface area contributed by atoms with Gasteiger partial charge in [0.25, 0.3) is 0 Å². The molecule has 0 bridgehead atoms. The summed E-state index contributed by atoms with van der Waals surface area (Å²) in [5.74, 6) is 3.29. The number of furan rings is 3. The molecule has 0 amide bonds. The Labute approximate surface area is 197 Å². The summed E-state index contributed by atoms with van der Waals surface area (Å²) in [5, 5.41) is 8.44. The molecule has 0 saturated carbocycles. The molecule has 0 aliphatic carbocycles. The molecule has 34 heavy (non-hydrogen) atoms. The van der Waals surface area contributed by atoms with E-state index in [1.807, 2.05) is 12.1 Å². The topological polar surface area (TPSA) is 112 Å². The lowest BCUT2D eigenvalue weighted by molar-refractivity contribution is 0.108. The molecule has 8 nitrogen and oxygen atoms in total. The van der Waals surface area contributed by atoms with Crippen molar-refractivity contribution in [2.24, 2.45) is 0 Å². The maximum absolute atomic E-state index is 10.3. The van der Waals surface area contributed by atoms with E-state index in [1.165, 1.54) is 13.0 Å². The summed E-state index contributed by atoms with van der Waals surface area (Å²) in [4.78, 5) is 20.0. The van der Waals surface area contributed by atoms with Gasteiger partial charge in [0.1, 0.15) is 42.9 Å². The molecule has 10 heteroatoms. The molecule has 3 heterocycles. The van der Waals surface area contributed by atoms with E-state index < -0.39 is 0 Å². The van der Waals surface area contributed by atoms with Crippen LogP contribution in [0, 0.1) is 0 Å². The first-order chi connectivity index (χ1) is 16.5. The Kier molecular flexibility index (Phi) is 22.1. The second-order valence-electron chi connectivity index (χ2n) is 5.64. The molecule has 0 saturated heterocycles. The SMILES string of the molecule is C=Cc1ccc(COC)o1.CCF.CF.COCc1ccc(C=O)o1.O=Cc1ccc(CO)o1. The van der Waals surface area contributed by atoms with Gasteiger partial charge in [0, 0.05) is 14.2 Å². The molecule has 0 aromatic carbocycles. The van der Waals surface area contributed by atoms with Crippen LogP contribution in [-0.2, 0) is 29.3 Å². The summed E-state index contributed by atoms with van der Waals surface area (Å²) < 4.78 is 44.4. The quantitative estimate of drug-likeness (QED) is 0.418. The molecule has 0 fully saturated rings. The Morgan fingerprint density at radius 3 is 1.44 bits per heavy atom. The maximum atomic E-state index is 10.3. The lowest BCUT2D eigenvalue weighted by Crippen LogP contribution is -1.82. The highest BCUT2D eigenvalue weighted by Crippen LogP contribution is 2.09. The molecule has 190 valence electrons. The van der Waals surface area contributed by atoms with E-state index in [4.69, 9.17) is 27.8 Å². The zero-order chi connectivity index (χ0) is 26.2. The van der Waals surface area contributed by atoms with Gasteiger partial charge in [-0.3, -0.25) is 18.4 Å². The van der Waals surface area contributed by atoms with E-state index in [2.05, 4.69) is 6.58 Å². The Morgan fingerprint density at radius 2 is 1.18 bits per heavy atom.